The van der Waals surface area contributed by atoms with Crippen molar-refractivity contribution >= 4 is 12.4 Å². The van der Waals surface area contributed by atoms with Gasteiger partial charge >= 0.3 is 6.03 Å². The first-order chi connectivity index (χ1) is 21.5. The van der Waals surface area contributed by atoms with Crippen molar-refractivity contribution in [2.75, 3.05) is 26.2 Å². The fraction of sp³-hybridized carbons (Fsp3) is 0.659. The lowest BCUT2D eigenvalue weighted by Gasteiger charge is -2.33. The van der Waals surface area contributed by atoms with Crippen LogP contribution in [0.4, 0.5) is 0 Å². The third-order valence-corrected chi connectivity index (χ3v) is 10.5. The summed E-state index contributed by atoms with van der Waals surface area (Å²) in [6, 6.07) is 8.41. The molecule has 1 fully saturated rings. The van der Waals surface area contributed by atoms with Crippen molar-refractivity contribution in [2.24, 2.45) is 5.92 Å². The van der Waals surface area contributed by atoms with Gasteiger partial charge in [0.15, 0.2) is 23.9 Å². The second kappa shape index (κ2) is 12.7. The highest BCUT2D eigenvalue weighted by Crippen LogP contribution is 2.47. The normalized spacial score (nSPS) is 20.5. The van der Waals surface area contributed by atoms with E-state index in [4.69, 9.17) is 9.47 Å². The highest BCUT2D eigenvalue weighted by atomic mass is 16.7. The van der Waals surface area contributed by atoms with Crippen LogP contribution in [0.3, 0.4) is 0 Å². The van der Waals surface area contributed by atoms with E-state index in [9.17, 15) is 0 Å². The lowest BCUT2D eigenvalue weighted by Crippen LogP contribution is -2.61. The first-order valence-electron chi connectivity index (χ1n) is 18.2. The minimum atomic E-state index is -1.05. The Morgan fingerprint density at radius 2 is 1.48 bits per heavy atom. The van der Waals surface area contributed by atoms with Gasteiger partial charge in [-0.15, -0.1) is 0 Å². The van der Waals surface area contributed by atoms with Crippen molar-refractivity contribution in [1.29, 1.82) is 0 Å². The largest absolute Gasteiger partial charge is 0.704 e. The standard InChI is InChI=1S/C41H63N3O2/c1-13-16-18-30(19-17-20-42(14-2)15-3)22-31-21-29(4)36-32(23-31)27-44-40(11,12)28-43-26-33-24-34(38(5,6)7)25-35(39(8,9)10)37(33)46-41(43,44)45-36/h21,23-27,30H,13-20,22,28H2,1-12H3/q+2. The minimum absolute atomic E-state index is 0.0398. The first kappa shape index (κ1) is 34.7. The molecular weight excluding hydrogens is 566 g/mol. The van der Waals surface area contributed by atoms with Gasteiger partial charge in [0.05, 0.1) is 11.1 Å². The number of unbranched alkanes of at least 4 members (excludes halogenated alkanes) is 1. The number of benzene rings is 2. The van der Waals surface area contributed by atoms with Gasteiger partial charge < -0.3 is 14.4 Å². The summed E-state index contributed by atoms with van der Waals surface area (Å²) in [5, 5.41) is 0. The molecule has 3 heterocycles. The van der Waals surface area contributed by atoms with E-state index in [0.29, 0.717) is 5.92 Å². The third-order valence-electron chi connectivity index (χ3n) is 10.5. The van der Waals surface area contributed by atoms with E-state index in [1.807, 2.05) is 0 Å². The van der Waals surface area contributed by atoms with Gasteiger partial charge in [-0.3, -0.25) is 0 Å². The van der Waals surface area contributed by atoms with Gasteiger partial charge in [0.25, 0.3) is 0 Å². The molecule has 0 aliphatic carbocycles. The fourth-order valence-corrected chi connectivity index (χ4v) is 7.71. The lowest BCUT2D eigenvalue weighted by atomic mass is 9.79. The molecule has 1 saturated heterocycles. The number of ether oxygens (including phenoxy) is 2. The maximum absolute atomic E-state index is 7.20. The van der Waals surface area contributed by atoms with Crippen molar-refractivity contribution in [2.45, 2.75) is 144 Å². The van der Waals surface area contributed by atoms with Crippen LogP contribution in [0.15, 0.2) is 24.3 Å². The molecule has 3 aliphatic rings. The summed E-state index contributed by atoms with van der Waals surface area (Å²) in [6.45, 7) is 31.7. The predicted octanol–water partition coefficient (Wildman–Crippen LogP) is 8.81. The van der Waals surface area contributed by atoms with E-state index in [2.05, 4.69) is 134 Å². The van der Waals surface area contributed by atoms with E-state index < -0.39 is 6.03 Å². The first-order valence-corrected chi connectivity index (χ1v) is 18.2. The summed E-state index contributed by atoms with van der Waals surface area (Å²) in [6.07, 6.45) is 12.2. The van der Waals surface area contributed by atoms with E-state index in [1.165, 1.54) is 66.5 Å². The zero-order chi connectivity index (χ0) is 33.7. The van der Waals surface area contributed by atoms with Crippen LogP contribution in [-0.2, 0) is 17.3 Å². The second-order valence-electron chi connectivity index (χ2n) is 17.0. The number of aryl methyl sites for hydroxylation is 1. The van der Waals surface area contributed by atoms with E-state index >= 15 is 0 Å². The molecule has 2 unspecified atom stereocenters. The monoisotopic (exact) mass is 629 g/mol. The van der Waals surface area contributed by atoms with Gasteiger partial charge in [-0.05, 0) is 91.4 Å². The quantitative estimate of drug-likeness (QED) is 0.233. The molecule has 0 aromatic heterocycles. The molecular formula is C41H63N3O2+2. The molecule has 5 rings (SSSR count). The molecule has 0 saturated carbocycles. The van der Waals surface area contributed by atoms with Crippen molar-refractivity contribution in [3.63, 3.8) is 0 Å². The van der Waals surface area contributed by atoms with Crippen LogP contribution < -0.4 is 9.47 Å². The predicted molar refractivity (Wildman–Crippen MR) is 193 cm³/mol. The zero-order valence-corrected chi connectivity index (χ0v) is 31.3. The van der Waals surface area contributed by atoms with Crippen LogP contribution >= 0.6 is 0 Å². The molecule has 1 spiro atoms. The molecule has 0 bridgehead atoms. The molecule has 3 aliphatic heterocycles. The van der Waals surface area contributed by atoms with Gasteiger partial charge in [-0.2, -0.15) is 0 Å². The average Bonchev–Trinajstić information content (AvgIpc) is 3.19. The highest BCUT2D eigenvalue weighted by Gasteiger charge is 2.75. The Bertz CT molecular complexity index is 1500. The smallest absolute Gasteiger partial charge is 0.340 e. The Kier molecular flexibility index (Phi) is 9.61. The Morgan fingerprint density at radius 1 is 0.826 bits per heavy atom. The van der Waals surface area contributed by atoms with Crippen molar-refractivity contribution in [1.82, 2.24) is 4.90 Å². The van der Waals surface area contributed by atoms with E-state index in [1.54, 1.807) is 0 Å². The van der Waals surface area contributed by atoms with Crippen molar-refractivity contribution in [3.8, 4) is 11.5 Å². The Morgan fingerprint density at radius 3 is 2.11 bits per heavy atom. The van der Waals surface area contributed by atoms with Gasteiger partial charge in [-0.25, -0.2) is 0 Å². The maximum atomic E-state index is 7.20. The van der Waals surface area contributed by atoms with Crippen LogP contribution in [0.2, 0.25) is 0 Å². The number of hydrogen-bond donors (Lipinski definition) is 0. The molecule has 252 valence electrons. The molecule has 5 heteroatoms. The molecule has 5 nitrogen and oxygen atoms in total. The number of hydrogen-bond acceptors (Lipinski definition) is 3. The van der Waals surface area contributed by atoms with Crippen molar-refractivity contribution in [3.05, 3.63) is 57.6 Å². The zero-order valence-electron chi connectivity index (χ0n) is 31.3. The maximum Gasteiger partial charge on any atom is 0.704 e. The summed E-state index contributed by atoms with van der Waals surface area (Å²) in [5.74, 6) is 2.59. The van der Waals surface area contributed by atoms with Crippen molar-refractivity contribution < 1.29 is 18.6 Å². The van der Waals surface area contributed by atoms with Crippen LogP contribution in [0.1, 0.15) is 142 Å². The highest BCUT2D eigenvalue weighted by molar-refractivity contribution is 5.84. The third kappa shape index (κ3) is 6.68. The Labute approximate surface area is 280 Å². The van der Waals surface area contributed by atoms with Crippen LogP contribution in [-0.4, -0.2) is 64.2 Å². The minimum Gasteiger partial charge on any atom is -0.340 e. The number of nitrogens with zero attached hydrogens (tertiary/aromatic N) is 3. The topological polar surface area (TPSA) is 27.7 Å². The lowest BCUT2D eigenvalue weighted by molar-refractivity contribution is -0.867. The Balaban J connectivity index is 1.51. The SMILES string of the molecule is CCCCC(CCCN(CC)CC)Cc1cc(C)c2c(c1)C=[N+]1C(C)(C)C[N+]3=Cc4cc(C(C)(C)C)cc(C(C)(C)C)c4OC31O2. The van der Waals surface area contributed by atoms with E-state index in [-0.39, 0.29) is 16.4 Å². The second-order valence-corrected chi connectivity index (χ2v) is 17.0. The molecule has 2 aromatic carbocycles. The summed E-state index contributed by atoms with van der Waals surface area (Å²) in [4.78, 5) is 2.56. The van der Waals surface area contributed by atoms with Crippen LogP contribution in [0.25, 0.3) is 0 Å². The van der Waals surface area contributed by atoms with Gasteiger partial charge in [0.2, 0.25) is 12.1 Å². The summed E-state index contributed by atoms with van der Waals surface area (Å²) < 4.78 is 19.0. The fourth-order valence-electron chi connectivity index (χ4n) is 7.71. The number of rotatable bonds is 11. The van der Waals surface area contributed by atoms with Gasteiger partial charge in [0.1, 0.15) is 0 Å². The summed E-state index contributed by atoms with van der Waals surface area (Å²) >= 11 is 0. The van der Waals surface area contributed by atoms with Crippen LogP contribution in [0.5, 0.6) is 11.5 Å². The molecule has 0 amide bonds. The van der Waals surface area contributed by atoms with Crippen LogP contribution in [0, 0.1) is 12.8 Å². The molecule has 0 N–H and O–H groups in total. The summed E-state index contributed by atoms with van der Waals surface area (Å²) in [7, 11) is 0. The van der Waals surface area contributed by atoms with Gasteiger partial charge in [-0.1, -0.05) is 103 Å². The summed E-state index contributed by atoms with van der Waals surface area (Å²) in [5.41, 5.74) is 7.24. The molecule has 46 heavy (non-hydrogen) atoms. The molecule has 2 atom stereocenters. The Hall–Kier alpha value is -2.66. The average molecular weight is 630 g/mol. The number of fused-ring (bicyclic) bond motifs is 2. The van der Waals surface area contributed by atoms with E-state index in [0.717, 1.165) is 43.1 Å². The molecule has 2 aromatic rings. The van der Waals surface area contributed by atoms with Gasteiger partial charge in [0, 0.05) is 19.4 Å². The molecule has 0 radical (unpaired) electrons.